The van der Waals surface area contributed by atoms with Gasteiger partial charge in [0.2, 0.25) is 0 Å². The molecule has 1 aromatic rings. The van der Waals surface area contributed by atoms with Crippen molar-refractivity contribution in [3.8, 4) is 0 Å². The van der Waals surface area contributed by atoms with Crippen LogP contribution >= 0.6 is 0 Å². The van der Waals surface area contributed by atoms with Crippen molar-refractivity contribution in [3.05, 3.63) is 34.9 Å². The fourth-order valence-electron chi connectivity index (χ4n) is 2.24. The fourth-order valence-corrected chi connectivity index (χ4v) is 2.24. The quantitative estimate of drug-likeness (QED) is 0.864. The van der Waals surface area contributed by atoms with Gasteiger partial charge in [0, 0.05) is 11.5 Å². The highest BCUT2D eigenvalue weighted by Gasteiger charge is 2.48. The van der Waals surface area contributed by atoms with Crippen molar-refractivity contribution in [1.29, 1.82) is 0 Å². The first-order valence-corrected chi connectivity index (χ1v) is 6.18. The summed E-state index contributed by atoms with van der Waals surface area (Å²) in [5.41, 5.74) is -0.816. The Morgan fingerprint density at radius 3 is 2.58 bits per heavy atom. The minimum Gasteiger partial charge on any atom is -0.392 e. The highest BCUT2D eigenvalue weighted by atomic mass is 19.1. The highest BCUT2D eigenvalue weighted by Crippen LogP contribution is 2.40. The number of hydrogen-bond acceptors (Lipinski definition) is 2. The van der Waals surface area contributed by atoms with Crippen LogP contribution in [0, 0.1) is 24.0 Å². The molecule has 0 saturated heterocycles. The van der Waals surface area contributed by atoms with Crippen molar-refractivity contribution in [1.82, 2.24) is 5.32 Å². The zero-order valence-corrected chi connectivity index (χ0v) is 11.1. The molecule has 0 spiro atoms. The van der Waals surface area contributed by atoms with Crippen LogP contribution in [0.3, 0.4) is 0 Å². The van der Waals surface area contributed by atoms with E-state index in [1.54, 1.807) is 13.8 Å². The largest absolute Gasteiger partial charge is 0.392 e. The summed E-state index contributed by atoms with van der Waals surface area (Å²) in [4.78, 5) is 12.0. The summed E-state index contributed by atoms with van der Waals surface area (Å²) in [6, 6.07) is 2.08. The molecule has 19 heavy (non-hydrogen) atoms. The Morgan fingerprint density at radius 2 is 2.05 bits per heavy atom. The van der Waals surface area contributed by atoms with Crippen LogP contribution in [0.5, 0.6) is 0 Å². The van der Waals surface area contributed by atoms with Crippen LogP contribution in [0.15, 0.2) is 12.1 Å². The Kier molecular flexibility index (Phi) is 3.34. The third-order valence-electron chi connectivity index (χ3n) is 4.03. The smallest absolute Gasteiger partial charge is 0.257 e. The second-order valence-corrected chi connectivity index (χ2v) is 5.65. The maximum atomic E-state index is 13.8. The van der Waals surface area contributed by atoms with Crippen LogP contribution < -0.4 is 5.32 Å². The van der Waals surface area contributed by atoms with Crippen LogP contribution in [0.2, 0.25) is 0 Å². The predicted octanol–water partition coefficient (Wildman–Crippen LogP) is 2.16. The number of nitrogens with one attached hydrogen (secondary N) is 1. The normalized spacial score (nSPS) is 24.7. The van der Waals surface area contributed by atoms with Crippen LogP contribution in [0.25, 0.3) is 0 Å². The second kappa shape index (κ2) is 4.56. The van der Waals surface area contributed by atoms with Crippen molar-refractivity contribution in [3.63, 3.8) is 0 Å². The number of hydrogen-bond donors (Lipinski definition) is 2. The molecular formula is C14H17F2NO2. The SMILES string of the molecule is Cc1ccc(F)c(C(=O)NC2CC(O)C2(C)C)c1F. The molecule has 3 nitrogen and oxygen atoms in total. The van der Waals surface area contributed by atoms with Crippen molar-refractivity contribution < 1.29 is 18.7 Å². The number of carbonyl (C=O) groups is 1. The van der Waals surface area contributed by atoms with Crippen LogP contribution in [0.1, 0.15) is 36.2 Å². The number of aliphatic hydroxyl groups excluding tert-OH is 1. The number of amides is 1. The zero-order valence-electron chi connectivity index (χ0n) is 11.1. The number of carbonyl (C=O) groups excluding carboxylic acids is 1. The molecule has 2 atom stereocenters. The lowest BCUT2D eigenvalue weighted by Crippen LogP contribution is -2.61. The van der Waals surface area contributed by atoms with Crippen LogP contribution in [-0.2, 0) is 0 Å². The van der Waals surface area contributed by atoms with Gasteiger partial charge in [-0.25, -0.2) is 8.78 Å². The van der Waals surface area contributed by atoms with Crippen LogP contribution in [0.4, 0.5) is 8.78 Å². The number of aliphatic hydroxyl groups is 1. The van der Waals surface area contributed by atoms with E-state index in [-0.39, 0.29) is 11.6 Å². The molecule has 0 radical (unpaired) electrons. The molecule has 1 aromatic carbocycles. The summed E-state index contributed by atoms with van der Waals surface area (Å²) in [6.45, 7) is 5.08. The number of halogens is 2. The minimum atomic E-state index is -0.877. The molecule has 1 saturated carbocycles. The van der Waals surface area contributed by atoms with Gasteiger partial charge in [0.1, 0.15) is 17.2 Å². The van der Waals surface area contributed by atoms with E-state index in [4.69, 9.17) is 0 Å². The van der Waals surface area contributed by atoms with Crippen LogP contribution in [-0.4, -0.2) is 23.2 Å². The average molecular weight is 269 g/mol. The van der Waals surface area contributed by atoms with Gasteiger partial charge in [-0.05, 0) is 25.0 Å². The molecular weight excluding hydrogens is 252 g/mol. The van der Waals surface area contributed by atoms with Crippen molar-refractivity contribution in [2.24, 2.45) is 5.41 Å². The van der Waals surface area contributed by atoms with Crippen molar-refractivity contribution >= 4 is 5.91 Å². The first kappa shape index (κ1) is 13.9. The molecule has 2 rings (SSSR count). The second-order valence-electron chi connectivity index (χ2n) is 5.65. The topological polar surface area (TPSA) is 49.3 Å². The molecule has 5 heteroatoms. The summed E-state index contributed by atoms with van der Waals surface area (Å²) in [6.07, 6.45) is -0.113. The monoisotopic (exact) mass is 269 g/mol. The van der Waals surface area contributed by atoms with Gasteiger partial charge in [0.05, 0.1) is 6.10 Å². The van der Waals surface area contributed by atoms with Gasteiger partial charge in [-0.3, -0.25) is 4.79 Å². The van der Waals surface area contributed by atoms with Gasteiger partial charge in [0.25, 0.3) is 5.91 Å². The van der Waals surface area contributed by atoms with Crippen molar-refractivity contribution in [2.75, 3.05) is 0 Å². The maximum absolute atomic E-state index is 13.8. The number of aryl methyl sites for hydroxylation is 1. The molecule has 1 amide bonds. The summed E-state index contributed by atoms with van der Waals surface area (Å²) < 4.78 is 27.4. The Morgan fingerprint density at radius 1 is 1.42 bits per heavy atom. The lowest BCUT2D eigenvalue weighted by Gasteiger charge is -2.49. The first-order chi connectivity index (χ1) is 8.75. The molecule has 0 aromatic heterocycles. The zero-order chi connectivity index (χ0) is 14.4. The van der Waals surface area contributed by atoms with Gasteiger partial charge < -0.3 is 10.4 Å². The predicted molar refractivity (Wildman–Crippen MR) is 66.8 cm³/mol. The summed E-state index contributed by atoms with van der Waals surface area (Å²) in [5, 5.41) is 12.2. The Labute approximate surface area is 110 Å². The third kappa shape index (κ3) is 2.23. The van der Waals surface area contributed by atoms with E-state index in [1.807, 2.05) is 0 Å². The summed E-state index contributed by atoms with van der Waals surface area (Å²) >= 11 is 0. The lowest BCUT2D eigenvalue weighted by atomic mass is 9.64. The lowest BCUT2D eigenvalue weighted by molar-refractivity contribution is -0.0690. The van der Waals surface area contributed by atoms with Gasteiger partial charge in [0.15, 0.2) is 0 Å². The maximum Gasteiger partial charge on any atom is 0.257 e. The van der Waals surface area contributed by atoms with E-state index in [0.29, 0.717) is 6.42 Å². The molecule has 2 N–H and O–H groups in total. The Hall–Kier alpha value is -1.49. The Bertz CT molecular complexity index is 528. The van der Waals surface area contributed by atoms with E-state index in [1.165, 1.54) is 13.0 Å². The van der Waals surface area contributed by atoms with Gasteiger partial charge >= 0.3 is 0 Å². The first-order valence-electron chi connectivity index (χ1n) is 6.18. The molecule has 0 bridgehead atoms. The summed E-state index contributed by atoms with van der Waals surface area (Å²) in [7, 11) is 0. The highest BCUT2D eigenvalue weighted by molar-refractivity contribution is 5.95. The molecule has 1 aliphatic carbocycles. The minimum absolute atomic E-state index is 0.222. The molecule has 2 unspecified atom stereocenters. The molecule has 0 heterocycles. The van der Waals surface area contributed by atoms with E-state index in [0.717, 1.165) is 6.07 Å². The number of benzene rings is 1. The molecule has 1 aliphatic rings. The molecule has 1 fully saturated rings. The third-order valence-corrected chi connectivity index (χ3v) is 4.03. The van der Waals surface area contributed by atoms with E-state index >= 15 is 0 Å². The standard InChI is InChI=1S/C14H17F2NO2/c1-7-4-5-8(15)11(12(7)16)13(19)17-9-6-10(18)14(9,2)3/h4-5,9-10,18H,6H2,1-3H3,(H,17,19). The molecule has 0 aliphatic heterocycles. The van der Waals surface area contributed by atoms with Crippen molar-refractivity contribution in [2.45, 2.75) is 39.3 Å². The van der Waals surface area contributed by atoms with Gasteiger partial charge in [-0.2, -0.15) is 0 Å². The van der Waals surface area contributed by atoms with Gasteiger partial charge in [-0.1, -0.05) is 19.9 Å². The van der Waals surface area contributed by atoms with E-state index in [9.17, 15) is 18.7 Å². The van der Waals surface area contributed by atoms with E-state index < -0.39 is 34.6 Å². The molecule has 104 valence electrons. The fraction of sp³-hybridized carbons (Fsp3) is 0.500. The number of rotatable bonds is 2. The Balaban J connectivity index is 2.20. The van der Waals surface area contributed by atoms with E-state index in [2.05, 4.69) is 5.32 Å². The summed E-state index contributed by atoms with van der Waals surface area (Å²) in [5.74, 6) is -2.49. The van der Waals surface area contributed by atoms with Gasteiger partial charge in [-0.15, -0.1) is 0 Å². The average Bonchev–Trinajstić information content (AvgIpc) is 2.34.